The third-order valence-corrected chi connectivity index (χ3v) is 10.4. The van der Waals surface area contributed by atoms with Crippen molar-refractivity contribution in [3.8, 4) is 0 Å². The molecule has 0 amide bonds. The third-order valence-electron chi connectivity index (χ3n) is 9.28. The van der Waals surface area contributed by atoms with E-state index in [1.807, 2.05) is 0 Å². The maximum Gasteiger partial charge on any atom is 0.453 e. The third kappa shape index (κ3) is 4.09. The van der Waals surface area contributed by atoms with Crippen LogP contribution in [-0.2, 0) is 14.6 Å². The number of allylic oxidation sites excluding steroid dienone is 4. The van der Waals surface area contributed by atoms with Gasteiger partial charge in [0.25, 0.3) is 0 Å². The Morgan fingerprint density at radius 3 is 2.27 bits per heavy atom. The molecule has 1 N–H and O–H groups in total. The lowest BCUT2D eigenvalue weighted by Gasteiger charge is -2.54. The molecule has 0 heterocycles. The van der Waals surface area contributed by atoms with Crippen LogP contribution in [0.3, 0.4) is 0 Å². The number of benzene rings is 1. The van der Waals surface area contributed by atoms with E-state index >= 15 is 0 Å². The number of aliphatic hydroxyl groups excluding tert-OH is 1. The Hall–Kier alpha value is -2.07. The SMILES string of the molecule is CS(=O)(=O)c1ccc(C2C[C@]3(CO)C(C(F)(F)C(F)(F)F)CC[C@H]3[C@@H]3CCC4=CC(=O)CCC4=C23)cc1. The number of fused-ring (bicyclic) bond motifs is 4. The molecule has 4 aliphatic carbocycles. The van der Waals surface area contributed by atoms with Crippen molar-refractivity contribution in [2.24, 2.45) is 23.2 Å². The van der Waals surface area contributed by atoms with Gasteiger partial charge in [-0.1, -0.05) is 17.7 Å². The second-order valence-corrected chi connectivity index (χ2v) is 13.1. The fourth-order valence-electron chi connectivity index (χ4n) is 7.73. The molecule has 2 fully saturated rings. The fraction of sp³-hybridized carbons (Fsp3) is 0.593. The van der Waals surface area contributed by atoms with E-state index in [1.165, 1.54) is 12.1 Å². The van der Waals surface area contributed by atoms with Gasteiger partial charge in [0.05, 0.1) is 4.90 Å². The van der Waals surface area contributed by atoms with Crippen molar-refractivity contribution in [2.45, 2.75) is 67.9 Å². The van der Waals surface area contributed by atoms with Gasteiger partial charge in [0, 0.05) is 36.5 Å². The molecule has 4 nitrogen and oxygen atoms in total. The van der Waals surface area contributed by atoms with Crippen molar-refractivity contribution in [1.82, 2.24) is 0 Å². The van der Waals surface area contributed by atoms with Gasteiger partial charge >= 0.3 is 12.1 Å². The number of aliphatic hydroxyl groups is 1. The molecule has 10 heteroatoms. The maximum atomic E-state index is 14.9. The minimum Gasteiger partial charge on any atom is -0.396 e. The molecule has 5 atom stereocenters. The number of carbonyl (C=O) groups is 1. The van der Waals surface area contributed by atoms with Gasteiger partial charge in [-0.15, -0.1) is 0 Å². The van der Waals surface area contributed by atoms with E-state index < -0.39 is 51.7 Å². The van der Waals surface area contributed by atoms with Gasteiger partial charge in [-0.25, -0.2) is 8.42 Å². The molecule has 5 rings (SSSR count). The van der Waals surface area contributed by atoms with Gasteiger partial charge in [0.1, 0.15) is 0 Å². The minimum atomic E-state index is -5.73. The lowest BCUT2D eigenvalue weighted by molar-refractivity contribution is -0.317. The van der Waals surface area contributed by atoms with Gasteiger partial charge in [0.2, 0.25) is 0 Å². The molecular formula is C27H29F5O4S. The van der Waals surface area contributed by atoms with Crippen molar-refractivity contribution in [2.75, 3.05) is 12.9 Å². The highest BCUT2D eigenvalue weighted by atomic mass is 32.2. The standard InChI is InChI=1S/C27H29F5O4S/c1-37(35,36)18-6-2-15(3-7-18)21-13-25(14-33)22(10-11-23(25)26(28,29)27(30,31)32)20-8-4-16-12-17(34)5-9-19(16)24(20)21/h2-3,6-7,12,20-23,33H,4-5,8-11,13-14H2,1H3/t20-,21?,22-,23?,25+/m0/s1. The lowest BCUT2D eigenvalue weighted by Crippen LogP contribution is -2.55. The summed E-state index contributed by atoms with van der Waals surface area (Å²) in [5, 5.41) is 10.6. The Bertz CT molecular complexity index is 1280. The number of halogens is 5. The van der Waals surface area contributed by atoms with Gasteiger partial charge in [-0.05, 0) is 85.3 Å². The molecule has 1 aromatic rings. The molecule has 0 radical (unpaired) electrons. The molecule has 0 saturated heterocycles. The average molecular weight is 545 g/mol. The van der Waals surface area contributed by atoms with Crippen molar-refractivity contribution < 1.29 is 40.3 Å². The molecule has 37 heavy (non-hydrogen) atoms. The maximum absolute atomic E-state index is 14.9. The van der Waals surface area contributed by atoms with Crippen molar-refractivity contribution in [1.29, 1.82) is 0 Å². The Morgan fingerprint density at radius 1 is 1.00 bits per heavy atom. The Balaban J connectivity index is 1.68. The Morgan fingerprint density at radius 2 is 1.68 bits per heavy atom. The number of alkyl halides is 5. The zero-order valence-electron chi connectivity index (χ0n) is 20.3. The molecule has 202 valence electrons. The minimum absolute atomic E-state index is 0.0121. The van der Waals surface area contributed by atoms with E-state index in [4.69, 9.17) is 0 Å². The summed E-state index contributed by atoms with van der Waals surface area (Å²) < 4.78 is 94.6. The van der Waals surface area contributed by atoms with Gasteiger partial charge < -0.3 is 5.11 Å². The Kier molecular flexibility index (Phi) is 6.26. The summed E-state index contributed by atoms with van der Waals surface area (Å²) in [5.41, 5.74) is 1.81. The summed E-state index contributed by atoms with van der Waals surface area (Å²) in [6, 6.07) is 6.02. The van der Waals surface area contributed by atoms with E-state index in [0.717, 1.165) is 23.0 Å². The number of rotatable bonds is 4. The first-order valence-electron chi connectivity index (χ1n) is 12.5. The quantitative estimate of drug-likeness (QED) is 0.488. The van der Waals surface area contributed by atoms with E-state index in [-0.39, 0.29) is 35.9 Å². The zero-order chi connectivity index (χ0) is 27.0. The summed E-state index contributed by atoms with van der Waals surface area (Å²) in [5.74, 6) is -8.39. The van der Waals surface area contributed by atoms with Crippen molar-refractivity contribution >= 4 is 15.6 Å². The summed E-state index contributed by atoms with van der Waals surface area (Å²) in [6.45, 7) is -0.785. The van der Waals surface area contributed by atoms with Crippen LogP contribution in [0.4, 0.5) is 22.0 Å². The molecule has 0 aliphatic heterocycles. The highest BCUT2D eigenvalue weighted by Crippen LogP contribution is 2.69. The molecule has 2 saturated carbocycles. The van der Waals surface area contributed by atoms with Crippen LogP contribution < -0.4 is 0 Å². The van der Waals surface area contributed by atoms with Crippen LogP contribution in [0.25, 0.3) is 0 Å². The smallest absolute Gasteiger partial charge is 0.396 e. The first-order chi connectivity index (χ1) is 17.2. The van der Waals surface area contributed by atoms with E-state index in [2.05, 4.69) is 0 Å². The molecule has 2 unspecified atom stereocenters. The van der Waals surface area contributed by atoms with Crippen LogP contribution >= 0.6 is 0 Å². The molecule has 1 aromatic carbocycles. The van der Waals surface area contributed by atoms with Gasteiger partial charge in [-0.3, -0.25) is 4.79 Å². The zero-order valence-corrected chi connectivity index (χ0v) is 21.1. The molecule has 0 bridgehead atoms. The average Bonchev–Trinajstić information content (AvgIpc) is 3.22. The van der Waals surface area contributed by atoms with Crippen LogP contribution in [0.5, 0.6) is 0 Å². The Labute approximate surface area is 212 Å². The first kappa shape index (κ1) is 26.5. The molecular weight excluding hydrogens is 515 g/mol. The monoisotopic (exact) mass is 544 g/mol. The van der Waals surface area contributed by atoms with E-state index in [9.17, 15) is 40.3 Å². The summed E-state index contributed by atoms with van der Waals surface area (Å²) >= 11 is 0. The summed E-state index contributed by atoms with van der Waals surface area (Å²) in [7, 11) is -3.50. The van der Waals surface area contributed by atoms with E-state index in [0.29, 0.717) is 31.2 Å². The van der Waals surface area contributed by atoms with Crippen LogP contribution in [-0.4, -0.2) is 44.3 Å². The topological polar surface area (TPSA) is 71.4 Å². The van der Waals surface area contributed by atoms with Crippen LogP contribution in [0, 0.1) is 23.2 Å². The van der Waals surface area contributed by atoms with Crippen molar-refractivity contribution in [3.05, 3.63) is 52.6 Å². The van der Waals surface area contributed by atoms with Gasteiger partial charge in [0.15, 0.2) is 15.6 Å². The molecule has 4 aliphatic rings. The predicted octanol–water partition coefficient (Wildman–Crippen LogP) is 5.78. The molecule has 0 aromatic heterocycles. The summed E-state index contributed by atoms with van der Waals surface area (Å²) in [6.07, 6.45) is -1.49. The normalized spacial score (nSPS) is 32.5. The lowest BCUT2D eigenvalue weighted by atomic mass is 9.51. The number of hydrogen-bond donors (Lipinski definition) is 1. The van der Waals surface area contributed by atoms with Gasteiger partial charge in [-0.2, -0.15) is 22.0 Å². The summed E-state index contributed by atoms with van der Waals surface area (Å²) in [4.78, 5) is 12.2. The second kappa shape index (κ2) is 8.73. The van der Waals surface area contributed by atoms with Crippen LogP contribution in [0.15, 0.2) is 52.0 Å². The van der Waals surface area contributed by atoms with E-state index in [1.54, 1.807) is 18.2 Å². The predicted molar refractivity (Wildman–Crippen MR) is 126 cm³/mol. The molecule has 0 spiro atoms. The highest BCUT2D eigenvalue weighted by molar-refractivity contribution is 7.90. The fourth-order valence-corrected chi connectivity index (χ4v) is 8.36. The highest BCUT2D eigenvalue weighted by Gasteiger charge is 2.72. The largest absolute Gasteiger partial charge is 0.453 e. The number of ketones is 1. The number of hydrogen-bond acceptors (Lipinski definition) is 4. The number of sulfone groups is 1. The second-order valence-electron chi connectivity index (χ2n) is 11.1. The van der Waals surface area contributed by atoms with Crippen LogP contribution in [0.2, 0.25) is 0 Å². The van der Waals surface area contributed by atoms with Crippen LogP contribution in [0.1, 0.15) is 56.4 Å². The van der Waals surface area contributed by atoms with Crippen molar-refractivity contribution in [3.63, 3.8) is 0 Å². The first-order valence-corrected chi connectivity index (χ1v) is 14.4. The number of carbonyl (C=O) groups excluding carboxylic acids is 1.